The fourth-order valence-electron chi connectivity index (χ4n) is 5.67. The maximum absolute atomic E-state index is 12.8. The number of rotatable bonds is 4. The molecule has 1 aromatic carbocycles. The summed E-state index contributed by atoms with van der Waals surface area (Å²) in [5.74, 6) is -0.758. The lowest BCUT2D eigenvalue weighted by Gasteiger charge is -2.59. The first-order chi connectivity index (χ1) is 13.4. The zero-order valence-corrected chi connectivity index (χ0v) is 15.9. The molecule has 2 bridgehead atoms. The van der Waals surface area contributed by atoms with E-state index in [0.29, 0.717) is 18.5 Å². The molecule has 6 rings (SSSR count). The van der Waals surface area contributed by atoms with E-state index in [1.807, 2.05) is 12.1 Å². The van der Waals surface area contributed by atoms with Gasteiger partial charge in [0.15, 0.2) is 0 Å². The molecular formula is C21H26N4O3. The van der Waals surface area contributed by atoms with Crippen LogP contribution in [-0.2, 0) is 22.7 Å². The Kier molecular flexibility index (Phi) is 3.90. The fraction of sp³-hybridized carbons (Fsp3) is 0.571. The predicted molar refractivity (Wildman–Crippen MR) is 102 cm³/mol. The second-order valence-electron chi connectivity index (χ2n) is 9.09. The molecule has 3 amide bonds. The molecule has 1 unspecified atom stereocenters. The van der Waals surface area contributed by atoms with Crippen molar-refractivity contribution in [2.24, 2.45) is 5.73 Å². The van der Waals surface area contributed by atoms with Crippen molar-refractivity contribution in [1.29, 1.82) is 0 Å². The molecule has 148 valence electrons. The van der Waals surface area contributed by atoms with Crippen LogP contribution >= 0.6 is 0 Å². The van der Waals surface area contributed by atoms with Crippen LogP contribution < -0.4 is 16.4 Å². The first-order valence-corrected chi connectivity index (χ1v) is 10.2. The minimum absolute atomic E-state index is 0.0397. The third-order valence-electron chi connectivity index (χ3n) is 6.97. The molecule has 4 fully saturated rings. The number of hydrogen-bond donors (Lipinski definition) is 3. The molecule has 5 aliphatic rings. The number of amides is 3. The molecular weight excluding hydrogens is 356 g/mol. The summed E-state index contributed by atoms with van der Waals surface area (Å²) in [4.78, 5) is 37.9. The van der Waals surface area contributed by atoms with Crippen molar-refractivity contribution in [1.82, 2.24) is 15.5 Å². The Hall–Kier alpha value is -2.25. The van der Waals surface area contributed by atoms with Crippen molar-refractivity contribution in [3.8, 4) is 0 Å². The number of fused-ring (bicyclic) bond motifs is 3. The zero-order chi connectivity index (χ0) is 19.5. The summed E-state index contributed by atoms with van der Waals surface area (Å²) in [6.45, 7) is 1.18. The van der Waals surface area contributed by atoms with Crippen LogP contribution in [0.3, 0.4) is 0 Å². The van der Waals surface area contributed by atoms with Crippen molar-refractivity contribution >= 4 is 17.7 Å². The number of nitrogens with zero attached hydrogens (tertiary/aromatic N) is 1. The molecule has 7 nitrogen and oxygen atoms in total. The van der Waals surface area contributed by atoms with Gasteiger partial charge in [-0.3, -0.25) is 19.7 Å². The summed E-state index contributed by atoms with van der Waals surface area (Å²) in [6.07, 6.45) is 6.26. The Labute approximate surface area is 164 Å². The highest BCUT2D eigenvalue weighted by molar-refractivity contribution is 6.05. The Bertz CT molecular complexity index is 874. The smallest absolute Gasteiger partial charge is 0.255 e. The molecule has 1 atom stereocenters. The van der Waals surface area contributed by atoms with Gasteiger partial charge < -0.3 is 16.0 Å². The van der Waals surface area contributed by atoms with E-state index >= 15 is 0 Å². The summed E-state index contributed by atoms with van der Waals surface area (Å²) in [5, 5.41) is 6.06. The summed E-state index contributed by atoms with van der Waals surface area (Å²) in [6, 6.07) is 5.37. The number of benzene rings is 1. The van der Waals surface area contributed by atoms with Crippen LogP contribution in [0.2, 0.25) is 0 Å². The zero-order valence-electron chi connectivity index (χ0n) is 15.9. The maximum atomic E-state index is 12.8. The average molecular weight is 382 g/mol. The lowest BCUT2D eigenvalue weighted by molar-refractivity contribution is -0.136. The lowest BCUT2D eigenvalue weighted by Crippen LogP contribution is -2.70. The van der Waals surface area contributed by atoms with Crippen LogP contribution in [-0.4, -0.2) is 39.7 Å². The van der Waals surface area contributed by atoms with Gasteiger partial charge >= 0.3 is 0 Å². The topological polar surface area (TPSA) is 105 Å². The third kappa shape index (κ3) is 2.84. The molecule has 3 aliphatic carbocycles. The van der Waals surface area contributed by atoms with Crippen molar-refractivity contribution in [2.45, 2.75) is 75.2 Å². The SMILES string of the molecule is NC12CCCC(NCc3ccc4c(c3)CN(C3CCC(=O)NC3=O)C4=O)(C1)C2. The van der Waals surface area contributed by atoms with Crippen LogP contribution in [0.5, 0.6) is 0 Å². The average Bonchev–Trinajstić information content (AvgIpc) is 2.95. The first-order valence-electron chi connectivity index (χ1n) is 10.2. The standard InChI is InChI=1S/C21H26N4O3/c22-20-6-1-7-21(11-20,12-20)23-9-13-2-3-15-14(8-13)10-25(19(15)28)16-4-5-17(26)24-18(16)27/h2-3,8,16,23H,1,4-7,9-12,22H2,(H,24,26,27). The van der Waals surface area contributed by atoms with Crippen LogP contribution in [0.15, 0.2) is 18.2 Å². The van der Waals surface area contributed by atoms with Crippen LogP contribution in [0, 0.1) is 0 Å². The number of carbonyl (C=O) groups is 3. The van der Waals surface area contributed by atoms with E-state index in [1.54, 1.807) is 4.90 Å². The fourth-order valence-corrected chi connectivity index (χ4v) is 5.67. The second kappa shape index (κ2) is 6.12. The summed E-state index contributed by atoms with van der Waals surface area (Å²) in [7, 11) is 0. The quantitative estimate of drug-likeness (QED) is 0.673. The van der Waals surface area contributed by atoms with Gasteiger partial charge in [0.05, 0.1) is 0 Å². The number of carbonyl (C=O) groups excluding carboxylic acids is 3. The van der Waals surface area contributed by atoms with E-state index in [1.165, 1.54) is 12.8 Å². The largest absolute Gasteiger partial charge is 0.325 e. The van der Waals surface area contributed by atoms with Gasteiger partial charge in [-0.2, -0.15) is 0 Å². The van der Waals surface area contributed by atoms with Crippen LogP contribution in [0.4, 0.5) is 0 Å². The molecule has 7 heteroatoms. The van der Waals surface area contributed by atoms with Crippen LogP contribution in [0.1, 0.15) is 66.4 Å². The summed E-state index contributed by atoms with van der Waals surface area (Å²) in [5.41, 5.74) is 9.34. The van der Waals surface area contributed by atoms with Gasteiger partial charge in [0, 0.05) is 36.2 Å². The van der Waals surface area contributed by atoms with Crippen LogP contribution in [0.25, 0.3) is 0 Å². The highest BCUT2D eigenvalue weighted by Gasteiger charge is 2.54. The molecule has 2 aliphatic heterocycles. The molecule has 28 heavy (non-hydrogen) atoms. The van der Waals surface area contributed by atoms with E-state index in [0.717, 1.165) is 36.9 Å². The molecule has 1 saturated heterocycles. The summed E-state index contributed by atoms with van der Waals surface area (Å²) < 4.78 is 0. The third-order valence-corrected chi connectivity index (χ3v) is 6.97. The second-order valence-corrected chi connectivity index (χ2v) is 9.09. The number of nitrogens with one attached hydrogen (secondary N) is 2. The van der Waals surface area contributed by atoms with E-state index in [9.17, 15) is 14.4 Å². The van der Waals surface area contributed by atoms with Gasteiger partial charge in [0.25, 0.3) is 5.91 Å². The molecule has 0 radical (unpaired) electrons. The monoisotopic (exact) mass is 382 g/mol. The van der Waals surface area contributed by atoms with E-state index in [4.69, 9.17) is 5.73 Å². The Morgan fingerprint density at radius 2 is 2.04 bits per heavy atom. The Morgan fingerprint density at radius 3 is 2.79 bits per heavy atom. The number of piperidine rings is 1. The van der Waals surface area contributed by atoms with Crippen molar-refractivity contribution in [3.05, 3.63) is 34.9 Å². The number of hydrogen-bond acceptors (Lipinski definition) is 5. The van der Waals surface area contributed by atoms with Gasteiger partial charge in [-0.25, -0.2) is 0 Å². The van der Waals surface area contributed by atoms with E-state index in [2.05, 4.69) is 16.7 Å². The van der Waals surface area contributed by atoms with Gasteiger partial charge in [0.2, 0.25) is 11.8 Å². The van der Waals surface area contributed by atoms with Crippen molar-refractivity contribution in [2.75, 3.05) is 0 Å². The molecule has 2 heterocycles. The Morgan fingerprint density at radius 1 is 1.21 bits per heavy atom. The van der Waals surface area contributed by atoms with Gasteiger partial charge in [-0.05, 0) is 55.7 Å². The highest BCUT2D eigenvalue weighted by Crippen LogP contribution is 2.50. The van der Waals surface area contributed by atoms with E-state index < -0.39 is 6.04 Å². The van der Waals surface area contributed by atoms with Gasteiger partial charge in [0.1, 0.15) is 6.04 Å². The van der Waals surface area contributed by atoms with Crippen molar-refractivity contribution in [3.63, 3.8) is 0 Å². The maximum Gasteiger partial charge on any atom is 0.255 e. The molecule has 4 N–H and O–H groups in total. The minimum atomic E-state index is -0.562. The normalized spacial score (nSPS) is 34.1. The minimum Gasteiger partial charge on any atom is -0.325 e. The van der Waals surface area contributed by atoms with Crippen molar-refractivity contribution < 1.29 is 14.4 Å². The van der Waals surface area contributed by atoms with Gasteiger partial charge in [-0.15, -0.1) is 0 Å². The molecule has 1 aromatic rings. The number of imide groups is 1. The number of nitrogens with two attached hydrogens (primary N) is 1. The lowest BCUT2D eigenvalue weighted by atomic mass is 9.55. The first kappa shape index (κ1) is 17.8. The predicted octanol–water partition coefficient (Wildman–Crippen LogP) is 0.951. The molecule has 0 aromatic heterocycles. The van der Waals surface area contributed by atoms with E-state index in [-0.39, 0.29) is 35.2 Å². The van der Waals surface area contributed by atoms with Gasteiger partial charge in [-0.1, -0.05) is 12.1 Å². The highest BCUT2D eigenvalue weighted by atomic mass is 16.2. The molecule has 3 saturated carbocycles. The Balaban J connectivity index is 1.27. The molecule has 0 spiro atoms. The summed E-state index contributed by atoms with van der Waals surface area (Å²) >= 11 is 0.